The maximum atomic E-state index is 9.76. The molecule has 0 unspecified atom stereocenters. The molecule has 0 aliphatic carbocycles. The Balaban J connectivity index is 0.000000467. The second kappa shape index (κ2) is 12.7. The number of hydrogen-bond donors (Lipinski definition) is 0. The van der Waals surface area contributed by atoms with E-state index < -0.39 is 0 Å². The van der Waals surface area contributed by atoms with Gasteiger partial charge in [0.25, 0.3) is 0 Å². The molecule has 0 bridgehead atoms. The second-order valence-electron chi connectivity index (χ2n) is 13.7. The van der Waals surface area contributed by atoms with Crippen LogP contribution >= 0.6 is 0 Å². The van der Waals surface area contributed by atoms with E-state index in [9.17, 15) is 5.26 Å². The van der Waals surface area contributed by atoms with Gasteiger partial charge in [-0.3, -0.25) is 0 Å². The van der Waals surface area contributed by atoms with E-state index in [4.69, 9.17) is 4.42 Å². The molecule has 0 aliphatic rings. The highest BCUT2D eigenvalue weighted by Gasteiger charge is 2.19. The molecular formula is C50H33N3O. The van der Waals surface area contributed by atoms with Crippen molar-refractivity contribution in [2.45, 2.75) is 6.92 Å². The van der Waals surface area contributed by atoms with E-state index in [-0.39, 0.29) is 0 Å². The van der Waals surface area contributed by atoms with E-state index in [0.29, 0.717) is 5.56 Å². The van der Waals surface area contributed by atoms with Crippen molar-refractivity contribution in [3.63, 3.8) is 0 Å². The fraction of sp³-hybridized carbons (Fsp3) is 0.0200. The summed E-state index contributed by atoms with van der Waals surface area (Å²) in [5, 5.41) is 16.5. The summed E-state index contributed by atoms with van der Waals surface area (Å²) >= 11 is 0. The molecule has 11 aromatic rings. The predicted molar refractivity (Wildman–Crippen MR) is 224 cm³/mol. The molecule has 0 atom stereocenters. The van der Waals surface area contributed by atoms with Crippen molar-refractivity contribution < 1.29 is 4.42 Å². The van der Waals surface area contributed by atoms with Gasteiger partial charge in [0.15, 0.2) is 5.58 Å². The molecule has 0 radical (unpaired) electrons. The van der Waals surface area contributed by atoms with Crippen molar-refractivity contribution in [2.75, 3.05) is 0 Å². The van der Waals surface area contributed by atoms with Gasteiger partial charge in [-0.15, -0.1) is 0 Å². The fourth-order valence-corrected chi connectivity index (χ4v) is 7.98. The van der Waals surface area contributed by atoms with E-state index in [1.165, 1.54) is 16.3 Å². The molecule has 11 rings (SSSR count). The number of aromatic nitrogens is 2. The topological polar surface area (TPSA) is 46.8 Å². The van der Waals surface area contributed by atoms with Crippen molar-refractivity contribution in [2.24, 2.45) is 0 Å². The van der Waals surface area contributed by atoms with E-state index in [1.54, 1.807) is 0 Å². The van der Waals surface area contributed by atoms with Crippen LogP contribution in [0.25, 0.3) is 88.1 Å². The summed E-state index contributed by atoms with van der Waals surface area (Å²) in [5.74, 6) is 0. The van der Waals surface area contributed by atoms with Gasteiger partial charge in [0.2, 0.25) is 0 Å². The lowest BCUT2D eigenvalue weighted by molar-refractivity contribution is 0.666. The van der Waals surface area contributed by atoms with Crippen LogP contribution in [-0.2, 0) is 0 Å². The quantitative estimate of drug-likeness (QED) is 0.185. The predicted octanol–water partition coefficient (Wildman–Crippen LogP) is 13.3. The highest BCUT2D eigenvalue weighted by Crippen LogP contribution is 2.40. The molecule has 54 heavy (non-hydrogen) atoms. The Hall–Kier alpha value is -7.35. The van der Waals surface area contributed by atoms with Crippen molar-refractivity contribution >= 4 is 65.6 Å². The van der Waals surface area contributed by atoms with Crippen molar-refractivity contribution in [1.29, 1.82) is 5.26 Å². The standard InChI is InChI=1S/C43H25N3O.C7H8/c44-26-27-17-20-39-34(23-27)35-24-29(28-9-2-1-3-10-28)18-21-40(35)45(39)30-19-22-42-36(25-30)33-13-8-16-41(43(33)47-42)46-37-14-6-4-11-31(37)32-12-5-7-15-38(32)46;1-7-5-3-2-4-6-7/h1-25H;2-6H,1H3. The van der Waals surface area contributed by atoms with Crippen molar-refractivity contribution in [3.8, 4) is 28.6 Å². The smallest absolute Gasteiger partial charge is 0.159 e. The Morgan fingerprint density at radius 1 is 0.444 bits per heavy atom. The monoisotopic (exact) mass is 691 g/mol. The molecule has 4 heteroatoms. The van der Waals surface area contributed by atoms with Crippen LogP contribution in [0.2, 0.25) is 0 Å². The zero-order valence-electron chi connectivity index (χ0n) is 29.6. The Morgan fingerprint density at radius 3 is 1.74 bits per heavy atom. The number of nitrogens with zero attached hydrogens (tertiary/aromatic N) is 3. The lowest BCUT2D eigenvalue weighted by Gasteiger charge is -2.09. The van der Waals surface area contributed by atoms with E-state index in [1.807, 2.05) is 36.4 Å². The van der Waals surface area contributed by atoms with Gasteiger partial charge in [-0.05, 0) is 84.8 Å². The lowest BCUT2D eigenvalue weighted by atomic mass is 10.0. The number of hydrogen-bond acceptors (Lipinski definition) is 2. The van der Waals surface area contributed by atoms with Gasteiger partial charge in [-0.2, -0.15) is 5.26 Å². The highest BCUT2D eigenvalue weighted by molar-refractivity contribution is 6.14. The Labute approximate surface area is 312 Å². The first kappa shape index (κ1) is 31.4. The molecular weight excluding hydrogens is 659 g/mol. The Bertz CT molecular complexity index is 3180. The average Bonchev–Trinajstić information content (AvgIpc) is 3.88. The Kier molecular flexibility index (Phi) is 7.38. The molecule has 4 nitrogen and oxygen atoms in total. The summed E-state index contributed by atoms with van der Waals surface area (Å²) < 4.78 is 11.3. The zero-order chi connectivity index (χ0) is 36.2. The first-order valence-electron chi connectivity index (χ1n) is 18.2. The van der Waals surface area contributed by atoms with Crippen LogP contribution in [0.3, 0.4) is 0 Å². The van der Waals surface area contributed by atoms with Crippen LogP contribution in [0.1, 0.15) is 11.1 Å². The normalized spacial score (nSPS) is 11.4. The minimum absolute atomic E-state index is 0.649. The van der Waals surface area contributed by atoms with Gasteiger partial charge in [-0.1, -0.05) is 121 Å². The maximum Gasteiger partial charge on any atom is 0.159 e. The van der Waals surface area contributed by atoms with Crippen LogP contribution in [-0.4, -0.2) is 9.13 Å². The number of fused-ring (bicyclic) bond motifs is 9. The first-order valence-corrected chi connectivity index (χ1v) is 18.2. The van der Waals surface area contributed by atoms with Gasteiger partial charge in [0.1, 0.15) is 5.58 Å². The summed E-state index contributed by atoms with van der Waals surface area (Å²) in [6.45, 7) is 2.08. The molecule has 0 N–H and O–H groups in total. The SMILES string of the molecule is Cc1ccccc1.N#Cc1ccc2c(c1)c1cc(-c3ccccc3)ccc1n2-c1ccc2oc3c(-n4c5ccccc5c5ccccc54)cccc3c2c1. The van der Waals surface area contributed by atoms with Crippen LogP contribution in [0.4, 0.5) is 0 Å². The summed E-state index contributed by atoms with van der Waals surface area (Å²) in [5.41, 5.74) is 12.5. The van der Waals surface area contributed by atoms with Gasteiger partial charge >= 0.3 is 0 Å². The third-order valence-electron chi connectivity index (χ3n) is 10.5. The average molecular weight is 692 g/mol. The van der Waals surface area contributed by atoms with Gasteiger partial charge in [0, 0.05) is 38.0 Å². The van der Waals surface area contributed by atoms with Gasteiger partial charge < -0.3 is 13.6 Å². The van der Waals surface area contributed by atoms with Crippen molar-refractivity contribution in [1.82, 2.24) is 9.13 Å². The van der Waals surface area contributed by atoms with E-state index in [2.05, 4.69) is 168 Å². The van der Waals surface area contributed by atoms with Gasteiger partial charge in [0.05, 0.1) is 39.4 Å². The summed E-state index contributed by atoms with van der Waals surface area (Å²) in [7, 11) is 0. The third kappa shape index (κ3) is 5.06. The van der Waals surface area contributed by atoms with E-state index >= 15 is 0 Å². The zero-order valence-corrected chi connectivity index (χ0v) is 29.6. The Morgan fingerprint density at radius 2 is 1.06 bits per heavy atom. The molecule has 254 valence electrons. The molecule has 3 aromatic heterocycles. The van der Waals surface area contributed by atoms with Crippen molar-refractivity contribution in [3.05, 3.63) is 193 Å². The summed E-state index contributed by atoms with van der Waals surface area (Å²) in [6, 6.07) is 65.6. The molecule has 0 saturated heterocycles. The minimum Gasteiger partial charge on any atom is -0.454 e. The number of rotatable bonds is 3. The maximum absolute atomic E-state index is 9.76. The number of furan rings is 1. The second-order valence-corrected chi connectivity index (χ2v) is 13.7. The highest BCUT2D eigenvalue weighted by atomic mass is 16.3. The van der Waals surface area contributed by atoms with Crippen LogP contribution in [0.5, 0.6) is 0 Å². The molecule has 0 amide bonds. The summed E-state index contributed by atoms with van der Waals surface area (Å²) in [6.07, 6.45) is 0. The minimum atomic E-state index is 0.649. The van der Waals surface area contributed by atoms with Crippen LogP contribution < -0.4 is 0 Å². The summed E-state index contributed by atoms with van der Waals surface area (Å²) in [4.78, 5) is 0. The molecule has 0 aliphatic heterocycles. The van der Waals surface area contributed by atoms with E-state index in [0.717, 1.165) is 77.3 Å². The fourth-order valence-electron chi connectivity index (χ4n) is 7.98. The molecule has 8 aromatic carbocycles. The molecule has 0 fully saturated rings. The molecule has 3 heterocycles. The van der Waals surface area contributed by atoms with Crippen LogP contribution in [0.15, 0.2) is 186 Å². The lowest BCUT2D eigenvalue weighted by Crippen LogP contribution is -1.94. The van der Waals surface area contributed by atoms with Gasteiger partial charge in [-0.25, -0.2) is 0 Å². The molecule has 0 saturated carbocycles. The number of aryl methyl sites for hydroxylation is 1. The first-order chi connectivity index (χ1) is 26.7. The third-order valence-corrected chi connectivity index (χ3v) is 10.5. The number of benzene rings is 8. The number of para-hydroxylation sites is 3. The largest absolute Gasteiger partial charge is 0.454 e. The van der Waals surface area contributed by atoms with Crippen LogP contribution in [0, 0.1) is 18.3 Å². The molecule has 0 spiro atoms. The number of nitriles is 1.